The fourth-order valence-corrected chi connectivity index (χ4v) is 2.33. The first kappa shape index (κ1) is 12.5. The molecule has 0 bridgehead atoms. The van der Waals surface area contributed by atoms with Crippen molar-refractivity contribution in [2.24, 2.45) is 0 Å². The molecule has 0 aliphatic carbocycles. The number of furan rings is 1. The third-order valence-electron chi connectivity index (χ3n) is 3.27. The topological polar surface area (TPSA) is 62.6 Å². The molecule has 1 aromatic heterocycles. The highest BCUT2D eigenvalue weighted by Crippen LogP contribution is 2.21. The first-order valence-corrected chi connectivity index (χ1v) is 6.44. The summed E-state index contributed by atoms with van der Waals surface area (Å²) in [4.78, 5) is 25.6. The molecule has 2 heterocycles. The van der Waals surface area contributed by atoms with Crippen LogP contribution in [0.1, 0.15) is 17.0 Å². The standard InChI is InChI=1S/C15H14N2O3/c18-14-9-11(16-15(19)13-7-4-8-20-13)10-17(14)12-5-2-1-3-6-12/h1-8,11H,9-10H2,(H,16,19)/t11-/m0/s1. The van der Waals surface area contributed by atoms with E-state index in [-0.39, 0.29) is 23.6 Å². The molecule has 1 atom stereocenters. The molecule has 2 amide bonds. The van der Waals surface area contributed by atoms with Gasteiger partial charge in [-0.05, 0) is 24.3 Å². The lowest BCUT2D eigenvalue weighted by Crippen LogP contribution is -2.37. The van der Waals surface area contributed by atoms with Gasteiger partial charge in [-0.2, -0.15) is 0 Å². The normalized spacial score (nSPS) is 18.3. The third-order valence-corrected chi connectivity index (χ3v) is 3.27. The van der Waals surface area contributed by atoms with E-state index in [1.165, 1.54) is 6.26 Å². The maximum Gasteiger partial charge on any atom is 0.287 e. The van der Waals surface area contributed by atoms with Crippen LogP contribution in [0.5, 0.6) is 0 Å². The Bertz CT molecular complexity index is 607. The van der Waals surface area contributed by atoms with Gasteiger partial charge in [0.05, 0.1) is 12.3 Å². The van der Waals surface area contributed by atoms with Crippen molar-refractivity contribution >= 4 is 17.5 Å². The quantitative estimate of drug-likeness (QED) is 0.925. The van der Waals surface area contributed by atoms with Crippen LogP contribution in [0, 0.1) is 0 Å². The second-order valence-electron chi connectivity index (χ2n) is 4.69. The summed E-state index contributed by atoms with van der Waals surface area (Å²) in [6.07, 6.45) is 1.76. The van der Waals surface area contributed by atoms with E-state index in [2.05, 4.69) is 5.32 Å². The molecule has 5 heteroatoms. The molecule has 1 N–H and O–H groups in total. The molecule has 2 aromatic rings. The molecule has 0 spiro atoms. The fraction of sp³-hybridized carbons (Fsp3) is 0.200. The molecule has 5 nitrogen and oxygen atoms in total. The molecule has 102 valence electrons. The van der Waals surface area contributed by atoms with Crippen LogP contribution < -0.4 is 10.2 Å². The van der Waals surface area contributed by atoms with Crippen LogP contribution in [0.2, 0.25) is 0 Å². The van der Waals surface area contributed by atoms with Gasteiger partial charge in [-0.15, -0.1) is 0 Å². The number of rotatable bonds is 3. The Morgan fingerprint density at radius 2 is 2.00 bits per heavy atom. The maximum absolute atomic E-state index is 12.0. The van der Waals surface area contributed by atoms with Crippen molar-refractivity contribution in [1.29, 1.82) is 0 Å². The maximum atomic E-state index is 12.0. The highest BCUT2D eigenvalue weighted by atomic mass is 16.3. The minimum absolute atomic E-state index is 0.0148. The van der Waals surface area contributed by atoms with Crippen LogP contribution in [0.15, 0.2) is 53.1 Å². The lowest BCUT2D eigenvalue weighted by molar-refractivity contribution is -0.117. The zero-order valence-corrected chi connectivity index (χ0v) is 10.8. The Morgan fingerprint density at radius 1 is 1.20 bits per heavy atom. The van der Waals surface area contributed by atoms with E-state index < -0.39 is 0 Å². The summed E-state index contributed by atoms with van der Waals surface area (Å²) in [5, 5.41) is 2.82. The number of carbonyl (C=O) groups excluding carboxylic acids is 2. The monoisotopic (exact) mass is 270 g/mol. The van der Waals surface area contributed by atoms with E-state index in [1.807, 2.05) is 30.3 Å². The molecule has 0 radical (unpaired) electrons. The SMILES string of the molecule is O=C(N[C@H]1CC(=O)N(c2ccccc2)C1)c1ccco1. The van der Waals surface area contributed by atoms with Crippen molar-refractivity contribution in [3.8, 4) is 0 Å². The molecule has 3 rings (SSSR count). The van der Waals surface area contributed by atoms with E-state index >= 15 is 0 Å². The number of nitrogens with zero attached hydrogens (tertiary/aromatic N) is 1. The largest absolute Gasteiger partial charge is 0.459 e. The number of hydrogen-bond acceptors (Lipinski definition) is 3. The van der Waals surface area contributed by atoms with Crippen molar-refractivity contribution in [2.75, 3.05) is 11.4 Å². The number of carbonyl (C=O) groups is 2. The number of hydrogen-bond donors (Lipinski definition) is 1. The van der Waals surface area contributed by atoms with Gasteiger partial charge in [0.2, 0.25) is 5.91 Å². The van der Waals surface area contributed by atoms with Gasteiger partial charge in [0.15, 0.2) is 5.76 Å². The second kappa shape index (κ2) is 5.21. The highest BCUT2D eigenvalue weighted by molar-refractivity contribution is 5.98. The Morgan fingerprint density at radius 3 is 2.70 bits per heavy atom. The summed E-state index contributed by atoms with van der Waals surface area (Å²) in [6.45, 7) is 0.481. The molecule has 20 heavy (non-hydrogen) atoms. The van der Waals surface area contributed by atoms with Gasteiger partial charge in [0.1, 0.15) is 0 Å². The summed E-state index contributed by atoms with van der Waals surface area (Å²) in [7, 11) is 0. The lowest BCUT2D eigenvalue weighted by Gasteiger charge is -2.16. The molecular formula is C15H14N2O3. The van der Waals surface area contributed by atoms with E-state index in [9.17, 15) is 9.59 Å². The molecule has 1 fully saturated rings. The number of para-hydroxylation sites is 1. The Labute approximate surface area is 116 Å². The number of nitrogens with one attached hydrogen (secondary N) is 1. The van der Waals surface area contributed by atoms with Gasteiger partial charge < -0.3 is 14.6 Å². The van der Waals surface area contributed by atoms with Gasteiger partial charge >= 0.3 is 0 Å². The average Bonchev–Trinajstić information content (AvgIpc) is 3.09. The minimum Gasteiger partial charge on any atom is -0.459 e. The van der Waals surface area contributed by atoms with Gasteiger partial charge in [-0.1, -0.05) is 18.2 Å². The third kappa shape index (κ3) is 2.42. The van der Waals surface area contributed by atoms with Gasteiger partial charge in [-0.3, -0.25) is 9.59 Å². The van der Waals surface area contributed by atoms with Gasteiger partial charge in [0.25, 0.3) is 5.91 Å². The van der Waals surface area contributed by atoms with Crippen LogP contribution in [-0.4, -0.2) is 24.4 Å². The van der Waals surface area contributed by atoms with Crippen LogP contribution in [0.25, 0.3) is 0 Å². The Hall–Kier alpha value is -2.56. The zero-order valence-electron chi connectivity index (χ0n) is 10.8. The fourth-order valence-electron chi connectivity index (χ4n) is 2.33. The summed E-state index contributed by atoms with van der Waals surface area (Å²) < 4.78 is 5.03. The number of benzene rings is 1. The molecule has 1 aliphatic heterocycles. The van der Waals surface area contributed by atoms with E-state index in [4.69, 9.17) is 4.42 Å². The van der Waals surface area contributed by atoms with Gasteiger partial charge in [-0.25, -0.2) is 0 Å². The number of amides is 2. The van der Waals surface area contributed by atoms with Crippen LogP contribution in [0.4, 0.5) is 5.69 Å². The predicted octanol–water partition coefficient (Wildman–Crippen LogP) is 1.81. The molecule has 1 saturated heterocycles. The zero-order chi connectivity index (χ0) is 13.9. The molecule has 1 aromatic carbocycles. The summed E-state index contributed by atoms with van der Waals surface area (Å²) in [5.74, 6) is -0.0146. The lowest BCUT2D eigenvalue weighted by atomic mass is 10.2. The molecule has 0 unspecified atom stereocenters. The van der Waals surface area contributed by atoms with Crippen LogP contribution in [-0.2, 0) is 4.79 Å². The first-order valence-electron chi connectivity index (χ1n) is 6.44. The van der Waals surface area contributed by atoms with Crippen molar-refractivity contribution in [3.05, 3.63) is 54.5 Å². The Balaban J connectivity index is 1.67. The summed E-state index contributed by atoms with van der Waals surface area (Å²) in [6, 6.07) is 12.5. The second-order valence-corrected chi connectivity index (χ2v) is 4.69. The van der Waals surface area contributed by atoms with Crippen molar-refractivity contribution in [3.63, 3.8) is 0 Å². The van der Waals surface area contributed by atoms with E-state index in [1.54, 1.807) is 17.0 Å². The minimum atomic E-state index is -0.289. The summed E-state index contributed by atoms with van der Waals surface area (Å²) >= 11 is 0. The van der Waals surface area contributed by atoms with E-state index in [0.29, 0.717) is 13.0 Å². The summed E-state index contributed by atoms with van der Waals surface area (Å²) in [5.41, 5.74) is 0.854. The molecule has 0 saturated carbocycles. The Kier molecular flexibility index (Phi) is 3.25. The predicted molar refractivity (Wildman–Crippen MR) is 73.4 cm³/mol. The van der Waals surface area contributed by atoms with Crippen molar-refractivity contribution in [2.45, 2.75) is 12.5 Å². The first-order chi connectivity index (χ1) is 9.74. The highest BCUT2D eigenvalue weighted by Gasteiger charge is 2.31. The molecular weight excluding hydrogens is 256 g/mol. The van der Waals surface area contributed by atoms with Gasteiger partial charge in [0, 0.05) is 18.7 Å². The van der Waals surface area contributed by atoms with Crippen LogP contribution >= 0.6 is 0 Å². The van der Waals surface area contributed by atoms with Crippen molar-refractivity contribution < 1.29 is 14.0 Å². The average molecular weight is 270 g/mol. The van der Waals surface area contributed by atoms with Crippen LogP contribution in [0.3, 0.4) is 0 Å². The number of anilines is 1. The van der Waals surface area contributed by atoms with E-state index in [0.717, 1.165) is 5.69 Å². The van der Waals surface area contributed by atoms with Crippen molar-refractivity contribution in [1.82, 2.24) is 5.32 Å². The smallest absolute Gasteiger partial charge is 0.287 e. The molecule has 1 aliphatic rings.